The summed E-state index contributed by atoms with van der Waals surface area (Å²) in [6, 6.07) is 6.89. The van der Waals surface area contributed by atoms with E-state index in [-0.39, 0.29) is 12.1 Å². The van der Waals surface area contributed by atoms with Crippen molar-refractivity contribution in [1.82, 2.24) is 4.90 Å². The molecule has 1 aromatic carbocycles. The number of hydrogen-bond donors (Lipinski definition) is 1. The average molecular weight is 397 g/mol. The Bertz CT molecular complexity index is 581. The normalized spacial score (nSPS) is 17.2. The Balaban J connectivity index is 1.93. The molecule has 1 atom stereocenters. The van der Waals surface area contributed by atoms with Gasteiger partial charge in [0.05, 0.1) is 0 Å². The molecule has 134 valence electrons. The number of halogens is 1. The molecule has 2 rings (SSSR count). The van der Waals surface area contributed by atoms with Crippen molar-refractivity contribution in [3.63, 3.8) is 0 Å². The van der Waals surface area contributed by atoms with Gasteiger partial charge in [-0.1, -0.05) is 15.9 Å². The Morgan fingerprint density at radius 2 is 2.12 bits per heavy atom. The van der Waals surface area contributed by atoms with Gasteiger partial charge in [0.1, 0.15) is 5.60 Å². The van der Waals surface area contributed by atoms with Crippen LogP contribution < -0.4 is 5.32 Å². The van der Waals surface area contributed by atoms with E-state index < -0.39 is 5.60 Å². The number of amides is 1. The second-order valence-corrected chi connectivity index (χ2v) is 8.65. The van der Waals surface area contributed by atoms with Gasteiger partial charge in [-0.3, -0.25) is 0 Å². The molecule has 1 aliphatic rings. The van der Waals surface area contributed by atoms with Crippen LogP contribution in [0, 0.1) is 0 Å². The highest BCUT2D eigenvalue weighted by molar-refractivity contribution is 9.10. The molecule has 0 spiro atoms. The van der Waals surface area contributed by atoms with Gasteiger partial charge >= 0.3 is 6.09 Å². The van der Waals surface area contributed by atoms with Gasteiger partial charge in [0.15, 0.2) is 0 Å². The number of carbonyl (C=O) groups excluding carboxylic acids is 1. The summed E-state index contributed by atoms with van der Waals surface area (Å²) in [7, 11) is 0. The third-order valence-corrected chi connectivity index (χ3v) is 4.65. The van der Waals surface area contributed by atoms with E-state index in [1.165, 1.54) is 11.3 Å². The van der Waals surface area contributed by atoms with Crippen LogP contribution in [0.2, 0.25) is 0 Å². The first kappa shape index (κ1) is 19.1. The maximum Gasteiger partial charge on any atom is 0.410 e. The van der Waals surface area contributed by atoms with E-state index in [9.17, 15) is 4.79 Å². The van der Waals surface area contributed by atoms with Crippen molar-refractivity contribution >= 4 is 27.7 Å². The second kappa shape index (κ2) is 7.77. The molecule has 1 aliphatic heterocycles. The number of rotatable bonds is 4. The number of nitrogens with one attached hydrogen (secondary N) is 1. The maximum absolute atomic E-state index is 12.4. The van der Waals surface area contributed by atoms with Crippen LogP contribution in [0.3, 0.4) is 0 Å². The lowest BCUT2D eigenvalue weighted by atomic mass is 9.96. The lowest BCUT2D eigenvalue weighted by Crippen LogP contribution is -2.43. The van der Waals surface area contributed by atoms with Gasteiger partial charge < -0.3 is 15.0 Å². The summed E-state index contributed by atoms with van der Waals surface area (Å²) >= 11 is 3.53. The van der Waals surface area contributed by atoms with Gasteiger partial charge in [0.2, 0.25) is 0 Å². The number of fused-ring (bicyclic) bond motifs is 1. The molecule has 0 fully saturated rings. The molecule has 24 heavy (non-hydrogen) atoms. The monoisotopic (exact) mass is 396 g/mol. The van der Waals surface area contributed by atoms with Crippen LogP contribution in [0.15, 0.2) is 22.7 Å². The Labute approximate surface area is 154 Å². The van der Waals surface area contributed by atoms with Crippen molar-refractivity contribution < 1.29 is 9.53 Å². The summed E-state index contributed by atoms with van der Waals surface area (Å²) in [5.74, 6) is 0. The summed E-state index contributed by atoms with van der Waals surface area (Å²) in [6.07, 6.45) is 2.86. The minimum absolute atomic E-state index is 0.131. The highest BCUT2D eigenvalue weighted by Crippen LogP contribution is 2.29. The fraction of sp³-hybridized carbons (Fsp3) is 0.632. The van der Waals surface area contributed by atoms with Gasteiger partial charge in [-0.2, -0.15) is 0 Å². The van der Waals surface area contributed by atoms with E-state index >= 15 is 0 Å². The standard InChI is InChI=1S/C19H29BrN2O2/c1-13(2)22(18(23)24-19(3,4)5)11-10-16-8-6-14-12-15(20)7-9-17(14)21-16/h7,9,12-13,16,21H,6,8,10-11H2,1-5H3. The van der Waals surface area contributed by atoms with E-state index in [2.05, 4.69) is 39.4 Å². The number of nitrogens with zero attached hydrogens (tertiary/aromatic N) is 1. The number of hydrogen-bond acceptors (Lipinski definition) is 3. The number of aryl methyl sites for hydroxylation is 1. The molecule has 0 aliphatic carbocycles. The molecule has 1 heterocycles. The minimum Gasteiger partial charge on any atom is -0.444 e. The van der Waals surface area contributed by atoms with Crippen LogP contribution in [0.1, 0.15) is 53.0 Å². The molecule has 5 heteroatoms. The Kier molecular flexibility index (Phi) is 6.18. The predicted molar refractivity (Wildman–Crippen MR) is 103 cm³/mol. The van der Waals surface area contributed by atoms with E-state index in [4.69, 9.17) is 4.74 Å². The molecule has 0 saturated carbocycles. The fourth-order valence-corrected chi connectivity index (χ4v) is 3.33. The van der Waals surface area contributed by atoms with E-state index in [1.807, 2.05) is 39.5 Å². The summed E-state index contributed by atoms with van der Waals surface area (Å²) < 4.78 is 6.65. The molecular formula is C19H29BrN2O2. The average Bonchev–Trinajstić information content (AvgIpc) is 2.45. The summed E-state index contributed by atoms with van der Waals surface area (Å²) in [6.45, 7) is 10.5. The summed E-state index contributed by atoms with van der Waals surface area (Å²) in [5, 5.41) is 3.61. The van der Waals surface area contributed by atoms with E-state index in [0.29, 0.717) is 12.6 Å². The lowest BCUT2D eigenvalue weighted by Gasteiger charge is -2.33. The SMILES string of the molecule is CC(C)N(CCC1CCc2cc(Br)ccc2N1)C(=O)OC(C)(C)C. The van der Waals surface area contributed by atoms with Crippen LogP contribution in [-0.2, 0) is 11.2 Å². The van der Waals surface area contributed by atoms with E-state index in [1.54, 1.807) is 0 Å². The highest BCUT2D eigenvalue weighted by Gasteiger charge is 2.25. The molecule has 1 aromatic rings. The fourth-order valence-electron chi connectivity index (χ4n) is 2.92. The number of ether oxygens (including phenoxy) is 1. The van der Waals surface area contributed by atoms with Crippen molar-refractivity contribution in [2.24, 2.45) is 0 Å². The Morgan fingerprint density at radius 1 is 1.42 bits per heavy atom. The number of benzene rings is 1. The first-order valence-corrected chi connectivity index (χ1v) is 9.49. The van der Waals surface area contributed by atoms with Crippen molar-refractivity contribution in [2.75, 3.05) is 11.9 Å². The van der Waals surface area contributed by atoms with Gasteiger partial charge in [-0.15, -0.1) is 0 Å². The zero-order valence-electron chi connectivity index (χ0n) is 15.4. The van der Waals surface area contributed by atoms with Gasteiger partial charge in [-0.05, 0) is 77.6 Å². The smallest absolute Gasteiger partial charge is 0.410 e. The van der Waals surface area contributed by atoms with Crippen LogP contribution in [0.5, 0.6) is 0 Å². The largest absolute Gasteiger partial charge is 0.444 e. The first-order chi connectivity index (χ1) is 11.2. The van der Waals surface area contributed by atoms with E-state index in [0.717, 1.165) is 23.7 Å². The quantitative estimate of drug-likeness (QED) is 0.758. The van der Waals surface area contributed by atoms with Crippen molar-refractivity contribution in [3.05, 3.63) is 28.2 Å². The Hall–Kier alpha value is -1.23. The van der Waals surface area contributed by atoms with Gasteiger partial charge in [0, 0.05) is 28.8 Å². The molecule has 1 N–H and O–H groups in total. The third-order valence-electron chi connectivity index (χ3n) is 4.16. The number of anilines is 1. The third kappa shape index (κ3) is 5.40. The summed E-state index contributed by atoms with van der Waals surface area (Å²) in [4.78, 5) is 14.2. The van der Waals surface area contributed by atoms with Crippen molar-refractivity contribution in [1.29, 1.82) is 0 Å². The molecule has 0 radical (unpaired) electrons. The highest BCUT2D eigenvalue weighted by atomic mass is 79.9. The molecule has 4 nitrogen and oxygen atoms in total. The van der Waals surface area contributed by atoms with Crippen LogP contribution in [-0.4, -0.2) is 35.2 Å². The van der Waals surface area contributed by atoms with Crippen molar-refractivity contribution in [2.45, 2.75) is 71.6 Å². The summed E-state index contributed by atoms with van der Waals surface area (Å²) in [5.41, 5.74) is 2.11. The molecule has 0 aromatic heterocycles. The first-order valence-electron chi connectivity index (χ1n) is 8.70. The molecule has 1 unspecified atom stereocenters. The molecular weight excluding hydrogens is 368 g/mol. The topological polar surface area (TPSA) is 41.6 Å². The zero-order chi connectivity index (χ0) is 17.9. The minimum atomic E-state index is -0.459. The number of carbonyl (C=O) groups is 1. The van der Waals surface area contributed by atoms with Crippen LogP contribution in [0.25, 0.3) is 0 Å². The van der Waals surface area contributed by atoms with Crippen LogP contribution >= 0.6 is 15.9 Å². The molecule has 0 bridgehead atoms. The Morgan fingerprint density at radius 3 is 2.75 bits per heavy atom. The molecule has 0 saturated heterocycles. The van der Waals surface area contributed by atoms with Gasteiger partial charge in [-0.25, -0.2) is 4.79 Å². The predicted octanol–water partition coefficient (Wildman–Crippen LogP) is 5.21. The van der Waals surface area contributed by atoms with Crippen molar-refractivity contribution in [3.8, 4) is 0 Å². The maximum atomic E-state index is 12.4. The second-order valence-electron chi connectivity index (χ2n) is 7.74. The molecule has 1 amide bonds. The van der Waals surface area contributed by atoms with Gasteiger partial charge in [0.25, 0.3) is 0 Å². The van der Waals surface area contributed by atoms with Crippen LogP contribution in [0.4, 0.5) is 10.5 Å². The zero-order valence-corrected chi connectivity index (χ0v) is 16.9. The lowest BCUT2D eigenvalue weighted by molar-refractivity contribution is 0.0186.